The largest absolute Gasteiger partial charge is 0.467 e. The number of aliphatic hydroxyl groups is 1. The van der Waals surface area contributed by atoms with Crippen molar-refractivity contribution in [3.05, 3.63) is 17.5 Å². The Kier molecular flexibility index (Phi) is 4.85. The Morgan fingerprint density at radius 1 is 1.61 bits per heavy atom. The first-order valence-corrected chi connectivity index (χ1v) is 5.55. The van der Waals surface area contributed by atoms with Gasteiger partial charge in [0.15, 0.2) is 6.04 Å². The fraction of sp³-hybridized carbons (Fsp3) is 0.545. The van der Waals surface area contributed by atoms with Gasteiger partial charge in [-0.3, -0.25) is 9.48 Å². The van der Waals surface area contributed by atoms with Crippen LogP contribution in [0.5, 0.6) is 0 Å². The quantitative estimate of drug-likeness (QED) is 0.675. The van der Waals surface area contributed by atoms with Crippen molar-refractivity contribution in [2.24, 2.45) is 7.05 Å². The van der Waals surface area contributed by atoms with Crippen molar-refractivity contribution >= 4 is 11.9 Å². The molecule has 1 amide bonds. The van der Waals surface area contributed by atoms with Gasteiger partial charge in [-0.25, -0.2) is 4.79 Å². The molecule has 0 aliphatic heterocycles. The first-order chi connectivity index (χ1) is 8.53. The molecule has 1 rings (SSSR count). The molecule has 0 radical (unpaired) electrons. The van der Waals surface area contributed by atoms with Gasteiger partial charge in [0, 0.05) is 7.05 Å². The van der Waals surface area contributed by atoms with Gasteiger partial charge in [0.05, 0.1) is 19.4 Å². The molecular weight excluding hydrogens is 238 g/mol. The van der Waals surface area contributed by atoms with E-state index < -0.39 is 24.5 Å². The van der Waals surface area contributed by atoms with Crippen LogP contribution in [-0.4, -0.2) is 46.5 Å². The van der Waals surface area contributed by atoms with E-state index in [2.05, 4.69) is 15.2 Å². The SMILES string of the molecule is CCc1cc(C(=O)NC(CO)C(=O)OC)n(C)n1. The fourth-order valence-electron chi connectivity index (χ4n) is 1.47. The molecular formula is C11H17N3O4. The number of esters is 1. The number of aryl methyl sites for hydroxylation is 2. The average molecular weight is 255 g/mol. The van der Waals surface area contributed by atoms with Gasteiger partial charge in [0.1, 0.15) is 5.69 Å². The van der Waals surface area contributed by atoms with Gasteiger partial charge in [-0.15, -0.1) is 0 Å². The number of aromatic nitrogens is 2. The van der Waals surface area contributed by atoms with Gasteiger partial charge in [-0.1, -0.05) is 6.92 Å². The molecule has 0 saturated heterocycles. The maximum Gasteiger partial charge on any atom is 0.330 e. The van der Waals surface area contributed by atoms with Crippen LogP contribution in [0, 0.1) is 0 Å². The van der Waals surface area contributed by atoms with Crippen molar-refractivity contribution < 1.29 is 19.4 Å². The Morgan fingerprint density at radius 3 is 2.72 bits per heavy atom. The molecule has 1 atom stereocenters. The van der Waals surface area contributed by atoms with Crippen molar-refractivity contribution in [3.8, 4) is 0 Å². The number of nitrogens with zero attached hydrogens (tertiary/aromatic N) is 2. The zero-order chi connectivity index (χ0) is 13.7. The van der Waals surface area contributed by atoms with E-state index in [1.807, 2.05) is 6.92 Å². The lowest BCUT2D eigenvalue weighted by molar-refractivity contribution is -0.143. The van der Waals surface area contributed by atoms with E-state index in [1.165, 1.54) is 11.8 Å². The topological polar surface area (TPSA) is 93.5 Å². The summed E-state index contributed by atoms with van der Waals surface area (Å²) in [6.45, 7) is 1.41. The highest BCUT2D eigenvalue weighted by molar-refractivity contribution is 5.95. The third kappa shape index (κ3) is 3.07. The first-order valence-electron chi connectivity index (χ1n) is 5.55. The highest BCUT2D eigenvalue weighted by Gasteiger charge is 2.22. The zero-order valence-corrected chi connectivity index (χ0v) is 10.6. The summed E-state index contributed by atoms with van der Waals surface area (Å²) in [5, 5.41) is 15.5. The van der Waals surface area contributed by atoms with E-state index in [0.29, 0.717) is 12.1 Å². The molecule has 0 aliphatic carbocycles. The van der Waals surface area contributed by atoms with Crippen molar-refractivity contribution in [1.29, 1.82) is 0 Å². The molecule has 18 heavy (non-hydrogen) atoms. The number of hydrogen-bond acceptors (Lipinski definition) is 5. The highest BCUT2D eigenvalue weighted by Crippen LogP contribution is 2.04. The van der Waals surface area contributed by atoms with E-state index in [-0.39, 0.29) is 0 Å². The number of rotatable bonds is 5. The number of ether oxygens (including phenoxy) is 1. The molecule has 0 bridgehead atoms. The minimum atomic E-state index is -1.07. The lowest BCUT2D eigenvalue weighted by Crippen LogP contribution is -2.44. The van der Waals surface area contributed by atoms with Crippen molar-refractivity contribution in [2.75, 3.05) is 13.7 Å². The van der Waals surface area contributed by atoms with E-state index in [0.717, 1.165) is 5.69 Å². The summed E-state index contributed by atoms with van der Waals surface area (Å²) in [5.41, 5.74) is 1.11. The van der Waals surface area contributed by atoms with Crippen LogP contribution >= 0.6 is 0 Å². The summed E-state index contributed by atoms with van der Waals surface area (Å²) in [4.78, 5) is 23.1. The lowest BCUT2D eigenvalue weighted by atomic mass is 10.2. The van der Waals surface area contributed by atoms with Crippen LogP contribution < -0.4 is 5.32 Å². The number of carbonyl (C=O) groups excluding carboxylic acids is 2. The molecule has 0 saturated carbocycles. The van der Waals surface area contributed by atoms with Crippen LogP contribution in [0.4, 0.5) is 0 Å². The second kappa shape index (κ2) is 6.15. The predicted molar refractivity (Wildman–Crippen MR) is 62.9 cm³/mol. The molecule has 1 heterocycles. The van der Waals surface area contributed by atoms with Gasteiger partial charge >= 0.3 is 5.97 Å². The summed E-state index contributed by atoms with van der Waals surface area (Å²) in [5.74, 6) is -1.17. The van der Waals surface area contributed by atoms with Crippen molar-refractivity contribution in [2.45, 2.75) is 19.4 Å². The van der Waals surface area contributed by atoms with Crippen LogP contribution in [0.2, 0.25) is 0 Å². The minimum absolute atomic E-state index is 0.328. The second-order valence-electron chi connectivity index (χ2n) is 3.73. The number of hydrogen-bond donors (Lipinski definition) is 2. The van der Waals surface area contributed by atoms with E-state index >= 15 is 0 Å². The second-order valence-corrected chi connectivity index (χ2v) is 3.73. The molecule has 7 heteroatoms. The smallest absolute Gasteiger partial charge is 0.330 e. The number of methoxy groups -OCH3 is 1. The van der Waals surface area contributed by atoms with Gasteiger partial charge in [0.25, 0.3) is 5.91 Å². The highest BCUT2D eigenvalue weighted by atomic mass is 16.5. The molecule has 7 nitrogen and oxygen atoms in total. The van der Waals surface area contributed by atoms with Gasteiger partial charge in [-0.2, -0.15) is 5.10 Å². The molecule has 0 fully saturated rings. The summed E-state index contributed by atoms with van der Waals surface area (Å²) < 4.78 is 5.89. The Hall–Kier alpha value is -1.89. The Balaban J connectivity index is 2.80. The molecule has 0 aliphatic rings. The number of carbonyl (C=O) groups is 2. The molecule has 0 spiro atoms. The Morgan fingerprint density at radius 2 is 2.28 bits per heavy atom. The average Bonchev–Trinajstić information content (AvgIpc) is 2.76. The molecule has 1 aromatic heterocycles. The van der Waals surface area contributed by atoms with E-state index in [1.54, 1.807) is 13.1 Å². The molecule has 100 valence electrons. The van der Waals surface area contributed by atoms with Crippen LogP contribution in [0.15, 0.2) is 6.07 Å². The number of aliphatic hydroxyl groups excluding tert-OH is 1. The molecule has 2 N–H and O–H groups in total. The summed E-state index contributed by atoms with van der Waals surface area (Å²) in [6, 6.07) is 0.573. The van der Waals surface area contributed by atoms with E-state index in [9.17, 15) is 9.59 Å². The fourth-order valence-corrected chi connectivity index (χ4v) is 1.47. The predicted octanol–water partition coefficient (Wildman–Crippen LogP) is -0.754. The molecule has 1 unspecified atom stereocenters. The van der Waals surface area contributed by atoms with Crippen LogP contribution in [0.25, 0.3) is 0 Å². The molecule has 0 aromatic carbocycles. The van der Waals surface area contributed by atoms with Crippen molar-refractivity contribution in [3.63, 3.8) is 0 Å². The minimum Gasteiger partial charge on any atom is -0.467 e. The van der Waals surface area contributed by atoms with Gasteiger partial charge in [-0.05, 0) is 12.5 Å². The third-order valence-electron chi connectivity index (χ3n) is 2.50. The monoisotopic (exact) mass is 255 g/mol. The van der Waals surface area contributed by atoms with Crippen LogP contribution in [0.1, 0.15) is 23.1 Å². The standard InChI is InChI=1S/C11H17N3O4/c1-4-7-5-9(14(2)13-7)10(16)12-8(6-15)11(17)18-3/h5,8,15H,4,6H2,1-3H3,(H,12,16). The van der Waals surface area contributed by atoms with Gasteiger partial charge in [0.2, 0.25) is 0 Å². The summed E-state index contributed by atoms with van der Waals surface area (Å²) in [7, 11) is 2.83. The maximum atomic E-state index is 11.9. The van der Waals surface area contributed by atoms with Crippen LogP contribution in [0.3, 0.4) is 0 Å². The maximum absolute atomic E-state index is 11.9. The normalized spacial score (nSPS) is 12.0. The lowest BCUT2D eigenvalue weighted by Gasteiger charge is -2.13. The number of nitrogens with one attached hydrogen (secondary N) is 1. The zero-order valence-electron chi connectivity index (χ0n) is 10.6. The Labute approximate surface area is 105 Å². The summed E-state index contributed by atoms with van der Waals surface area (Å²) >= 11 is 0. The van der Waals surface area contributed by atoms with Crippen molar-refractivity contribution in [1.82, 2.24) is 15.1 Å². The third-order valence-corrected chi connectivity index (χ3v) is 2.50. The Bertz CT molecular complexity index is 441. The summed E-state index contributed by atoms with van der Waals surface area (Å²) in [6.07, 6.45) is 0.710. The molecule has 1 aromatic rings. The van der Waals surface area contributed by atoms with Gasteiger partial charge < -0.3 is 15.2 Å². The number of amides is 1. The van der Waals surface area contributed by atoms with E-state index in [4.69, 9.17) is 5.11 Å². The first kappa shape index (κ1) is 14.2. The van der Waals surface area contributed by atoms with Crippen LogP contribution in [-0.2, 0) is 23.0 Å².